The van der Waals surface area contributed by atoms with E-state index >= 15 is 0 Å². The van der Waals surface area contributed by atoms with Crippen LogP contribution in [-0.2, 0) is 15.8 Å². The van der Waals surface area contributed by atoms with Gasteiger partial charge in [-0.3, -0.25) is 0 Å². The summed E-state index contributed by atoms with van der Waals surface area (Å²) in [4.78, 5) is 8.11. The first-order valence-corrected chi connectivity index (χ1v) is 10.9. The molecule has 4 N–H and O–H groups in total. The molecule has 170 valence electrons. The Bertz CT molecular complexity index is 1180. The van der Waals surface area contributed by atoms with Crippen LogP contribution in [0.5, 0.6) is 17.2 Å². The summed E-state index contributed by atoms with van der Waals surface area (Å²) in [6.07, 6.45) is 1.02. The highest BCUT2D eigenvalue weighted by Crippen LogP contribution is 2.40. The molecule has 0 saturated carbocycles. The van der Waals surface area contributed by atoms with Gasteiger partial charge in [0, 0.05) is 23.5 Å². The topological polar surface area (TPSA) is 138 Å². The minimum Gasteiger partial charge on any atom is -0.493 e. The first-order valence-electron chi connectivity index (χ1n) is 9.18. The van der Waals surface area contributed by atoms with Crippen LogP contribution in [0.2, 0.25) is 0 Å². The molecule has 0 aliphatic rings. The summed E-state index contributed by atoms with van der Waals surface area (Å²) in [5.41, 5.74) is 1.54. The van der Waals surface area contributed by atoms with E-state index in [0.29, 0.717) is 34.2 Å². The molecule has 0 atom stereocenters. The first kappa shape index (κ1) is 23.0. The number of nitrogens with two attached hydrogens (primary N) is 1. The maximum atomic E-state index is 14.3. The van der Waals surface area contributed by atoms with E-state index in [1.54, 1.807) is 36.4 Å². The lowest BCUT2D eigenvalue weighted by atomic mass is 10.2. The molecule has 0 unspecified atom stereocenters. The third kappa shape index (κ3) is 5.74. The first-order chi connectivity index (χ1) is 15.2. The Balaban J connectivity index is 1.82. The van der Waals surface area contributed by atoms with E-state index in [2.05, 4.69) is 20.6 Å². The Morgan fingerprint density at radius 2 is 1.59 bits per heavy atom. The summed E-state index contributed by atoms with van der Waals surface area (Å²) in [5, 5.41) is 10.8. The van der Waals surface area contributed by atoms with E-state index in [1.807, 2.05) is 0 Å². The van der Waals surface area contributed by atoms with E-state index in [4.69, 9.17) is 19.3 Å². The molecule has 12 heteroatoms. The molecule has 1 heterocycles. The number of hydrogen-bond donors (Lipinski definition) is 3. The van der Waals surface area contributed by atoms with Gasteiger partial charge in [0.25, 0.3) is 0 Å². The number of methoxy groups -OCH3 is 3. The van der Waals surface area contributed by atoms with E-state index in [0.717, 1.165) is 6.20 Å². The second kappa shape index (κ2) is 9.66. The highest BCUT2D eigenvalue weighted by Gasteiger charge is 2.15. The molecule has 2 aromatic carbocycles. The van der Waals surface area contributed by atoms with Gasteiger partial charge in [-0.05, 0) is 17.7 Å². The zero-order chi connectivity index (χ0) is 23.3. The van der Waals surface area contributed by atoms with Crippen molar-refractivity contribution in [3.05, 3.63) is 54.0 Å². The minimum absolute atomic E-state index is 0.0749. The fourth-order valence-electron chi connectivity index (χ4n) is 2.85. The van der Waals surface area contributed by atoms with Crippen molar-refractivity contribution in [1.29, 1.82) is 0 Å². The van der Waals surface area contributed by atoms with Crippen molar-refractivity contribution in [3.8, 4) is 17.2 Å². The molecular formula is C20H22FN5O5S. The van der Waals surface area contributed by atoms with Crippen LogP contribution in [0.25, 0.3) is 0 Å². The zero-order valence-electron chi connectivity index (χ0n) is 17.5. The van der Waals surface area contributed by atoms with Crippen molar-refractivity contribution in [1.82, 2.24) is 9.97 Å². The number of rotatable bonds is 9. The van der Waals surface area contributed by atoms with Crippen molar-refractivity contribution >= 4 is 33.2 Å². The van der Waals surface area contributed by atoms with Gasteiger partial charge in [-0.15, -0.1) is 0 Å². The Morgan fingerprint density at radius 3 is 2.12 bits per heavy atom. The van der Waals surface area contributed by atoms with Crippen LogP contribution < -0.4 is 30.0 Å². The Labute approximate surface area is 184 Å². The summed E-state index contributed by atoms with van der Waals surface area (Å²) < 4.78 is 52.6. The third-order valence-electron chi connectivity index (χ3n) is 4.25. The van der Waals surface area contributed by atoms with E-state index in [9.17, 15) is 12.8 Å². The van der Waals surface area contributed by atoms with Gasteiger partial charge < -0.3 is 24.8 Å². The Morgan fingerprint density at radius 1 is 0.969 bits per heavy atom. The van der Waals surface area contributed by atoms with E-state index in [-0.39, 0.29) is 17.5 Å². The number of aromatic nitrogens is 2. The van der Waals surface area contributed by atoms with Crippen molar-refractivity contribution in [2.75, 3.05) is 32.0 Å². The molecule has 3 aromatic rings. The lowest BCUT2D eigenvalue weighted by Crippen LogP contribution is -2.14. The van der Waals surface area contributed by atoms with Crippen LogP contribution in [0.4, 0.5) is 27.5 Å². The van der Waals surface area contributed by atoms with Gasteiger partial charge in [-0.1, -0.05) is 12.1 Å². The maximum Gasteiger partial charge on any atom is 0.229 e. The van der Waals surface area contributed by atoms with Crippen LogP contribution in [-0.4, -0.2) is 39.7 Å². The lowest BCUT2D eigenvalue weighted by Gasteiger charge is -2.15. The van der Waals surface area contributed by atoms with Gasteiger partial charge in [0.1, 0.15) is 0 Å². The second-order valence-corrected chi connectivity index (χ2v) is 8.17. The predicted octanol–water partition coefficient (Wildman–Crippen LogP) is 2.92. The number of ether oxygens (including phenoxy) is 3. The number of anilines is 4. The quantitative estimate of drug-likeness (QED) is 0.437. The second-order valence-electron chi connectivity index (χ2n) is 6.56. The van der Waals surface area contributed by atoms with Gasteiger partial charge in [0.05, 0.1) is 33.3 Å². The molecule has 0 amide bonds. The summed E-state index contributed by atoms with van der Waals surface area (Å²) in [6, 6.07) is 9.64. The molecule has 32 heavy (non-hydrogen) atoms. The van der Waals surface area contributed by atoms with Gasteiger partial charge in [-0.2, -0.15) is 4.98 Å². The Kier molecular flexibility index (Phi) is 6.95. The summed E-state index contributed by atoms with van der Waals surface area (Å²) in [6.45, 7) is 0. The molecule has 0 bridgehead atoms. The molecule has 0 aliphatic heterocycles. The fourth-order valence-corrected chi connectivity index (χ4v) is 3.51. The van der Waals surface area contributed by atoms with Crippen molar-refractivity contribution in [2.45, 2.75) is 5.75 Å². The molecule has 0 fully saturated rings. The van der Waals surface area contributed by atoms with E-state index < -0.39 is 15.8 Å². The van der Waals surface area contributed by atoms with Crippen LogP contribution in [0, 0.1) is 5.82 Å². The number of primary sulfonamides is 1. The van der Waals surface area contributed by atoms with Crippen LogP contribution in [0.3, 0.4) is 0 Å². The highest BCUT2D eigenvalue weighted by atomic mass is 32.2. The van der Waals surface area contributed by atoms with Crippen LogP contribution in [0.15, 0.2) is 42.6 Å². The molecule has 0 aliphatic carbocycles. The molecule has 0 spiro atoms. The van der Waals surface area contributed by atoms with Crippen LogP contribution >= 0.6 is 0 Å². The minimum atomic E-state index is -3.64. The Hall–Kier alpha value is -3.64. The standard InChI is InChI=1S/C20H22FN5O5S/c1-29-16-8-14(9-17(30-2)18(16)31-3)25-20-23-10-15(21)19(26-20)24-13-6-4-12(5-7-13)11-32(22,27)28/h4-10H,11H2,1-3H3,(H2,22,27,28)(H2,23,24,25,26). The zero-order valence-corrected chi connectivity index (χ0v) is 18.4. The predicted molar refractivity (Wildman–Crippen MR) is 118 cm³/mol. The normalized spacial score (nSPS) is 11.0. The molecule has 0 radical (unpaired) electrons. The van der Waals surface area contributed by atoms with Crippen molar-refractivity contribution in [2.24, 2.45) is 5.14 Å². The summed E-state index contributed by atoms with van der Waals surface area (Å²) >= 11 is 0. The van der Waals surface area contributed by atoms with E-state index in [1.165, 1.54) is 21.3 Å². The third-order valence-corrected chi connectivity index (χ3v) is 4.99. The fraction of sp³-hybridized carbons (Fsp3) is 0.200. The number of hydrogen-bond acceptors (Lipinski definition) is 9. The number of nitrogens with zero attached hydrogens (tertiary/aromatic N) is 2. The van der Waals surface area contributed by atoms with Gasteiger partial charge in [0.2, 0.25) is 21.7 Å². The molecule has 3 rings (SSSR count). The monoisotopic (exact) mass is 463 g/mol. The van der Waals surface area contributed by atoms with Crippen LogP contribution in [0.1, 0.15) is 5.56 Å². The average molecular weight is 463 g/mol. The molecule has 0 saturated heterocycles. The summed E-state index contributed by atoms with van der Waals surface area (Å²) in [5.74, 6) is 0.354. The SMILES string of the molecule is COc1cc(Nc2ncc(F)c(Nc3ccc(CS(N)(=O)=O)cc3)n2)cc(OC)c1OC. The number of benzene rings is 2. The van der Waals surface area contributed by atoms with Gasteiger partial charge >= 0.3 is 0 Å². The molecule has 10 nitrogen and oxygen atoms in total. The highest BCUT2D eigenvalue weighted by molar-refractivity contribution is 7.88. The largest absolute Gasteiger partial charge is 0.493 e. The maximum absolute atomic E-state index is 14.3. The average Bonchev–Trinajstić information content (AvgIpc) is 2.75. The number of sulfonamides is 1. The molecular weight excluding hydrogens is 441 g/mol. The summed E-state index contributed by atoms with van der Waals surface area (Å²) in [7, 11) is 0.839. The smallest absolute Gasteiger partial charge is 0.229 e. The number of nitrogens with one attached hydrogen (secondary N) is 2. The number of halogens is 1. The van der Waals surface area contributed by atoms with Crippen molar-refractivity contribution < 1.29 is 27.0 Å². The lowest BCUT2D eigenvalue weighted by molar-refractivity contribution is 0.324. The molecule has 1 aromatic heterocycles. The van der Waals surface area contributed by atoms with Gasteiger partial charge in [0.15, 0.2) is 23.1 Å². The van der Waals surface area contributed by atoms with Gasteiger partial charge in [-0.25, -0.2) is 22.9 Å². The van der Waals surface area contributed by atoms with Crippen molar-refractivity contribution in [3.63, 3.8) is 0 Å².